The number of hydrogen-bond acceptors (Lipinski definition) is 6. The predicted octanol–water partition coefficient (Wildman–Crippen LogP) is 3.81. The van der Waals surface area contributed by atoms with Gasteiger partial charge in [-0.15, -0.1) is 0 Å². The summed E-state index contributed by atoms with van der Waals surface area (Å²) in [6.45, 7) is 7.53. The number of amides is 2. The van der Waals surface area contributed by atoms with E-state index in [4.69, 9.17) is 14.2 Å². The molecule has 0 fully saturated rings. The number of methoxy groups -OCH3 is 1. The fraction of sp³-hybridized carbons (Fsp3) is 0.393. The number of hydrogen-bond donors (Lipinski definition) is 2. The Morgan fingerprint density at radius 3 is 2.56 bits per heavy atom. The van der Waals surface area contributed by atoms with Gasteiger partial charge in [0.25, 0.3) is 11.8 Å². The van der Waals surface area contributed by atoms with Crippen molar-refractivity contribution in [2.75, 3.05) is 20.3 Å². The Morgan fingerprint density at radius 1 is 1.06 bits per heavy atom. The number of nitrogens with zero attached hydrogens (tertiary/aromatic N) is 1. The number of benzene rings is 2. The summed E-state index contributed by atoms with van der Waals surface area (Å²) < 4.78 is 16.6. The molecule has 0 spiro atoms. The Bertz CT molecular complexity index is 1100. The van der Waals surface area contributed by atoms with E-state index in [9.17, 15) is 9.59 Å². The van der Waals surface area contributed by atoms with Crippen LogP contribution in [-0.2, 0) is 22.4 Å². The van der Waals surface area contributed by atoms with Crippen molar-refractivity contribution in [2.45, 2.75) is 45.6 Å². The van der Waals surface area contributed by atoms with Gasteiger partial charge in [0, 0.05) is 0 Å². The van der Waals surface area contributed by atoms with Crippen LogP contribution in [0.3, 0.4) is 0 Å². The van der Waals surface area contributed by atoms with Gasteiger partial charge in [-0.3, -0.25) is 9.59 Å². The van der Waals surface area contributed by atoms with Crippen molar-refractivity contribution in [3.8, 4) is 17.2 Å². The van der Waals surface area contributed by atoms with Gasteiger partial charge in [-0.25, -0.2) is 5.43 Å². The number of aryl methyl sites for hydroxylation is 2. The Hall–Kier alpha value is -3.81. The van der Waals surface area contributed by atoms with Gasteiger partial charge >= 0.3 is 0 Å². The lowest BCUT2D eigenvalue weighted by Crippen LogP contribution is -2.49. The first-order valence-corrected chi connectivity index (χ1v) is 12.2. The van der Waals surface area contributed by atoms with E-state index in [-0.39, 0.29) is 18.4 Å². The minimum absolute atomic E-state index is 0.144. The van der Waals surface area contributed by atoms with Crippen LogP contribution in [0.4, 0.5) is 0 Å². The quantitative estimate of drug-likeness (QED) is 0.266. The number of fused-ring (bicyclic) bond motifs is 1. The van der Waals surface area contributed by atoms with E-state index in [2.05, 4.69) is 28.5 Å². The van der Waals surface area contributed by atoms with Crippen LogP contribution >= 0.6 is 0 Å². The summed E-state index contributed by atoms with van der Waals surface area (Å²) in [5.41, 5.74) is 5.85. The monoisotopic (exact) mass is 493 g/mol. The Labute approximate surface area is 212 Å². The molecule has 0 saturated heterocycles. The number of carbonyl (C=O) groups is 2. The van der Waals surface area contributed by atoms with Gasteiger partial charge in [0.1, 0.15) is 18.4 Å². The first kappa shape index (κ1) is 26.8. The lowest BCUT2D eigenvalue weighted by Gasteiger charge is -2.21. The largest absolute Gasteiger partial charge is 0.493 e. The maximum Gasteiger partial charge on any atom is 0.262 e. The normalized spacial score (nSPS) is 13.6. The third-order valence-electron chi connectivity index (χ3n) is 5.89. The second kappa shape index (κ2) is 13.3. The maximum absolute atomic E-state index is 12.7. The average molecular weight is 494 g/mol. The molecular formula is C28H35N3O5. The molecule has 3 rings (SSSR count). The van der Waals surface area contributed by atoms with Crippen LogP contribution < -0.4 is 25.0 Å². The molecule has 0 aromatic heterocycles. The smallest absolute Gasteiger partial charge is 0.262 e. The van der Waals surface area contributed by atoms with Crippen LogP contribution in [0, 0.1) is 5.92 Å². The highest BCUT2D eigenvalue weighted by molar-refractivity contribution is 5.89. The topological polar surface area (TPSA) is 98.2 Å². The molecule has 1 aliphatic rings. The Morgan fingerprint density at radius 2 is 1.83 bits per heavy atom. The van der Waals surface area contributed by atoms with Crippen LogP contribution in [0.25, 0.3) is 0 Å². The van der Waals surface area contributed by atoms with E-state index < -0.39 is 11.9 Å². The van der Waals surface area contributed by atoms with Crippen molar-refractivity contribution in [1.82, 2.24) is 10.7 Å². The van der Waals surface area contributed by atoms with Crippen molar-refractivity contribution in [2.24, 2.45) is 11.0 Å². The molecule has 2 aromatic rings. The number of nitrogens with one attached hydrogen (secondary N) is 2. The molecule has 8 nitrogen and oxygen atoms in total. The highest BCUT2D eigenvalue weighted by Gasteiger charge is 2.24. The molecule has 0 aliphatic heterocycles. The number of carbonyl (C=O) groups excluding carboxylic acids is 2. The van der Waals surface area contributed by atoms with Crippen LogP contribution in [0.2, 0.25) is 0 Å². The van der Waals surface area contributed by atoms with Crippen molar-refractivity contribution >= 4 is 18.0 Å². The summed E-state index contributed by atoms with van der Waals surface area (Å²) in [4.78, 5) is 25.2. The highest BCUT2D eigenvalue weighted by Crippen LogP contribution is 2.27. The van der Waals surface area contributed by atoms with Gasteiger partial charge in [0.15, 0.2) is 18.1 Å². The lowest BCUT2D eigenvalue weighted by molar-refractivity contribution is -0.131. The average Bonchev–Trinajstić information content (AvgIpc) is 2.89. The van der Waals surface area contributed by atoms with Crippen molar-refractivity contribution in [1.29, 1.82) is 0 Å². The second-order valence-corrected chi connectivity index (χ2v) is 8.96. The van der Waals surface area contributed by atoms with E-state index in [1.165, 1.54) is 30.2 Å². The van der Waals surface area contributed by atoms with E-state index in [1.807, 2.05) is 26.0 Å². The van der Waals surface area contributed by atoms with Crippen LogP contribution in [0.1, 0.15) is 43.4 Å². The molecule has 1 unspecified atom stereocenters. The molecule has 1 atom stereocenters. The minimum atomic E-state index is -0.758. The van der Waals surface area contributed by atoms with E-state index >= 15 is 0 Å². The summed E-state index contributed by atoms with van der Waals surface area (Å²) in [6, 6.07) is 10.5. The molecule has 0 radical (unpaired) electrons. The van der Waals surface area contributed by atoms with Crippen LogP contribution in [0.5, 0.6) is 17.2 Å². The van der Waals surface area contributed by atoms with Gasteiger partial charge in [-0.05, 0) is 78.6 Å². The zero-order valence-electron chi connectivity index (χ0n) is 21.2. The predicted molar refractivity (Wildman–Crippen MR) is 140 cm³/mol. The van der Waals surface area contributed by atoms with E-state index in [0.29, 0.717) is 29.4 Å². The third kappa shape index (κ3) is 7.60. The molecule has 0 bridgehead atoms. The summed E-state index contributed by atoms with van der Waals surface area (Å²) >= 11 is 0. The fourth-order valence-electron chi connectivity index (χ4n) is 3.97. The van der Waals surface area contributed by atoms with E-state index in [1.54, 1.807) is 31.4 Å². The summed E-state index contributed by atoms with van der Waals surface area (Å²) in [7, 11) is 1.55. The summed E-state index contributed by atoms with van der Waals surface area (Å²) in [6.07, 6.45) is 7.66. The van der Waals surface area contributed by atoms with Crippen molar-refractivity contribution in [3.05, 3.63) is 65.7 Å². The first-order valence-electron chi connectivity index (χ1n) is 12.2. The fourth-order valence-corrected chi connectivity index (χ4v) is 3.97. The Kier molecular flexibility index (Phi) is 9.92. The highest BCUT2D eigenvalue weighted by atomic mass is 16.5. The number of rotatable bonds is 12. The number of ether oxygens (including phenoxy) is 3. The minimum Gasteiger partial charge on any atom is -0.493 e. The third-order valence-corrected chi connectivity index (χ3v) is 5.89. The van der Waals surface area contributed by atoms with Crippen LogP contribution in [0.15, 0.2) is 54.2 Å². The molecule has 36 heavy (non-hydrogen) atoms. The molecular weight excluding hydrogens is 458 g/mol. The molecule has 8 heteroatoms. The molecule has 0 heterocycles. The summed E-state index contributed by atoms with van der Waals surface area (Å²) in [5, 5.41) is 6.78. The standard InChI is InChI=1S/C28H35N3O5/c1-5-14-35-24-13-10-20(15-25(24)34-4)17-29-31-28(33)27(19(2)3)30-26(32)18-36-23-12-11-21-8-6-7-9-22(21)16-23/h5,10-13,15-17,19,27H,1,6-9,14,18H2,2-4H3,(H,30,32)(H,31,33)/b29-17+. The zero-order chi connectivity index (χ0) is 25.9. The van der Waals surface area contributed by atoms with Crippen molar-refractivity contribution in [3.63, 3.8) is 0 Å². The first-order chi connectivity index (χ1) is 17.4. The van der Waals surface area contributed by atoms with Gasteiger partial charge in [0.2, 0.25) is 0 Å². The molecule has 0 saturated carbocycles. The summed E-state index contributed by atoms with van der Waals surface area (Å²) in [5.74, 6) is 0.857. The zero-order valence-corrected chi connectivity index (χ0v) is 21.2. The van der Waals surface area contributed by atoms with Crippen molar-refractivity contribution < 1.29 is 23.8 Å². The molecule has 1 aliphatic carbocycles. The molecule has 2 N–H and O–H groups in total. The SMILES string of the molecule is C=CCOc1ccc(/C=N/NC(=O)C(NC(=O)COc2ccc3c(c2)CCCC3)C(C)C)cc1OC. The van der Waals surface area contributed by atoms with E-state index in [0.717, 1.165) is 12.8 Å². The second-order valence-electron chi connectivity index (χ2n) is 8.96. The van der Waals surface area contributed by atoms with Crippen LogP contribution in [-0.4, -0.2) is 44.4 Å². The molecule has 2 aromatic carbocycles. The molecule has 2 amide bonds. The number of hydrazone groups is 1. The lowest BCUT2D eigenvalue weighted by atomic mass is 9.92. The molecule has 192 valence electrons. The van der Waals surface area contributed by atoms with Gasteiger partial charge in [-0.1, -0.05) is 32.6 Å². The maximum atomic E-state index is 12.7. The van der Waals surface area contributed by atoms with Gasteiger partial charge in [-0.2, -0.15) is 5.10 Å². The van der Waals surface area contributed by atoms with Gasteiger partial charge < -0.3 is 19.5 Å². The Balaban J connectivity index is 1.53. The van der Waals surface area contributed by atoms with Gasteiger partial charge in [0.05, 0.1) is 13.3 Å².